The number of benzene rings is 2. The van der Waals surface area contributed by atoms with Crippen LogP contribution in [-0.2, 0) is 15.0 Å². The molecule has 3 aliphatic heterocycles. The third kappa shape index (κ3) is 9.05. The van der Waals surface area contributed by atoms with Gasteiger partial charge in [0.1, 0.15) is 23.7 Å². The van der Waals surface area contributed by atoms with E-state index < -0.39 is 23.6 Å². The van der Waals surface area contributed by atoms with Gasteiger partial charge in [0, 0.05) is 53.3 Å². The van der Waals surface area contributed by atoms with E-state index in [1.807, 2.05) is 88.8 Å². The van der Waals surface area contributed by atoms with Crippen LogP contribution in [0, 0.1) is 18.3 Å². The summed E-state index contributed by atoms with van der Waals surface area (Å²) in [4.78, 5) is 62.1. The summed E-state index contributed by atoms with van der Waals surface area (Å²) in [5.74, 6) is 2.58. The Balaban J connectivity index is 0.704. The zero-order valence-corrected chi connectivity index (χ0v) is 44.6. The SMILES string of the molecule is Cc1ncsc1-c1ccc([C@H](C)NC(=O)[C@@H]2C[C@@H](O)CN2C(=O)[C@@H](n2cc(C3CCC(CN4CCC(c5ccc6c(n5)-n5c(nc(=O)c7c(Br)cccc75)C65CCCCC5)CC4)CC3)nn2)C(C)(C)C)cc1. The molecule has 6 aromatic rings. The maximum atomic E-state index is 14.6. The van der Waals surface area contributed by atoms with Crippen LogP contribution in [0.4, 0.5) is 0 Å². The van der Waals surface area contributed by atoms with Crippen LogP contribution in [0.5, 0.6) is 0 Å². The number of amides is 2. The first-order chi connectivity index (χ1) is 34.7. The number of aryl methyl sites for hydroxylation is 1. The van der Waals surface area contributed by atoms with Gasteiger partial charge in [0.25, 0.3) is 5.56 Å². The van der Waals surface area contributed by atoms with Gasteiger partial charge >= 0.3 is 0 Å². The van der Waals surface area contributed by atoms with Crippen molar-refractivity contribution in [1.82, 2.24) is 49.6 Å². The Labute approximate surface area is 434 Å². The fraction of sp³-hybridized carbons (Fsp3) is 0.536. The van der Waals surface area contributed by atoms with E-state index in [-0.39, 0.29) is 47.7 Å². The van der Waals surface area contributed by atoms with Gasteiger partial charge in [0.2, 0.25) is 11.8 Å². The first kappa shape index (κ1) is 49.1. The standard InChI is InChI=1S/C56H67BrN10O4S/c1-33(36-16-18-39(19-17-36)48-34(2)58-32-72-48)59-51(69)46-28-40(68)30-65(46)53(71)49(55(3,4)5)66-31-44(62-63-66)37-14-12-35(13-15-37)29-64-26-22-38(23-27-64)43-21-20-41-50(60-43)67-45-11-9-10-42(57)47(45)52(70)61-54(67)56(41)24-7-6-8-25-56/h9-11,16-21,31-33,35,37-38,40,46,49,68H,6-8,12-15,22-30H2,1-5H3,(H,59,69)/t33-,35?,37?,40+,46-,49+/m0/s1. The second kappa shape index (κ2) is 19.6. The number of rotatable bonds is 10. The lowest BCUT2D eigenvalue weighted by molar-refractivity contribution is -0.144. The van der Waals surface area contributed by atoms with E-state index in [0.717, 1.165) is 139 Å². The summed E-state index contributed by atoms with van der Waals surface area (Å²) in [6.07, 6.45) is 13.2. The molecule has 4 fully saturated rings. The molecular formula is C56H67BrN10O4S. The number of hydrogen-bond acceptors (Lipinski definition) is 11. The molecule has 0 unspecified atom stereocenters. The molecule has 1 spiro atoms. The van der Waals surface area contributed by atoms with Crippen molar-refractivity contribution >= 4 is 50.0 Å². The van der Waals surface area contributed by atoms with Crippen LogP contribution >= 0.6 is 27.3 Å². The molecule has 11 rings (SSSR count). The van der Waals surface area contributed by atoms with Gasteiger partial charge in [-0.15, -0.1) is 16.4 Å². The van der Waals surface area contributed by atoms with Crippen molar-refractivity contribution in [2.45, 2.75) is 153 Å². The van der Waals surface area contributed by atoms with E-state index in [2.05, 4.69) is 58.1 Å². The number of halogens is 1. The second-order valence-electron chi connectivity index (χ2n) is 22.7. The van der Waals surface area contributed by atoms with Crippen molar-refractivity contribution in [3.63, 3.8) is 0 Å². The normalized spacial score (nSPS) is 23.3. The summed E-state index contributed by atoms with van der Waals surface area (Å²) < 4.78 is 4.70. The number of hydrogen-bond donors (Lipinski definition) is 2. The lowest BCUT2D eigenvalue weighted by atomic mass is 9.70. The Bertz CT molecular complexity index is 3050. The average molecular weight is 1060 g/mol. The van der Waals surface area contributed by atoms with Crippen LogP contribution in [-0.4, -0.2) is 99.6 Å². The first-order valence-corrected chi connectivity index (χ1v) is 28.0. The number of aliphatic hydroxyl groups is 1. The van der Waals surface area contributed by atoms with Gasteiger partial charge < -0.3 is 20.2 Å². The highest BCUT2D eigenvalue weighted by atomic mass is 79.9. The van der Waals surface area contributed by atoms with Crippen LogP contribution < -0.4 is 10.9 Å². The lowest BCUT2D eigenvalue weighted by Gasteiger charge is -2.36. The minimum atomic E-state index is -0.804. The Kier molecular flexibility index (Phi) is 13.4. The number of fused-ring (bicyclic) bond motifs is 7. The van der Waals surface area contributed by atoms with E-state index >= 15 is 0 Å². The second-order valence-corrected chi connectivity index (χ2v) is 24.4. The fourth-order valence-corrected chi connectivity index (χ4v) is 14.4. The highest BCUT2D eigenvalue weighted by molar-refractivity contribution is 9.10. The molecule has 5 aliphatic rings. The van der Waals surface area contributed by atoms with E-state index in [1.54, 1.807) is 20.9 Å². The largest absolute Gasteiger partial charge is 0.391 e. The maximum Gasteiger partial charge on any atom is 0.281 e. The molecule has 2 aromatic carbocycles. The van der Waals surface area contributed by atoms with Crippen molar-refractivity contribution < 1.29 is 14.7 Å². The number of β-amino-alcohol motifs (C(OH)–C–C–N with tert-alkyl or cyclic N) is 1. The number of piperidine rings is 1. The summed E-state index contributed by atoms with van der Waals surface area (Å²) in [6, 6.07) is 16.9. The fourth-order valence-electron chi connectivity index (χ4n) is 13.0. The van der Waals surface area contributed by atoms with E-state index in [4.69, 9.17) is 9.97 Å². The Morgan fingerprint density at radius 1 is 0.931 bits per heavy atom. The molecule has 14 nitrogen and oxygen atoms in total. The zero-order valence-electron chi connectivity index (χ0n) is 42.2. The molecule has 2 aliphatic carbocycles. The van der Waals surface area contributed by atoms with Crippen molar-refractivity contribution in [3.8, 4) is 16.3 Å². The molecular weight excluding hydrogens is 989 g/mol. The van der Waals surface area contributed by atoms with Gasteiger partial charge in [-0.1, -0.05) is 81.6 Å². The Hall–Kier alpha value is -5.16. The van der Waals surface area contributed by atoms with Crippen LogP contribution in [0.25, 0.3) is 27.2 Å². The number of pyridine rings is 1. The molecule has 4 atom stereocenters. The predicted molar refractivity (Wildman–Crippen MR) is 283 cm³/mol. The van der Waals surface area contributed by atoms with Gasteiger partial charge in [-0.25, -0.2) is 14.6 Å². The minimum absolute atomic E-state index is 0.0860. The third-order valence-corrected chi connectivity index (χ3v) is 18.5. The minimum Gasteiger partial charge on any atom is -0.391 e. The number of aromatic nitrogens is 7. The number of likely N-dealkylation sites (tertiary alicyclic amines) is 2. The predicted octanol–water partition coefficient (Wildman–Crippen LogP) is 9.71. The van der Waals surface area contributed by atoms with E-state index in [1.165, 1.54) is 12.0 Å². The number of nitrogens with one attached hydrogen (secondary N) is 1. The number of aliphatic hydroxyl groups excluding tert-OH is 1. The number of carbonyl (C=O) groups excluding carboxylic acids is 2. The molecule has 2 saturated heterocycles. The van der Waals surface area contributed by atoms with Crippen molar-refractivity contribution in [1.29, 1.82) is 0 Å². The van der Waals surface area contributed by atoms with Gasteiger partial charge in [0.05, 0.1) is 50.2 Å². The van der Waals surface area contributed by atoms with Gasteiger partial charge in [0.15, 0.2) is 0 Å². The van der Waals surface area contributed by atoms with Crippen molar-refractivity contribution in [3.05, 3.63) is 115 Å². The molecule has 2 saturated carbocycles. The molecule has 2 amide bonds. The van der Waals surface area contributed by atoms with E-state index in [9.17, 15) is 19.5 Å². The Morgan fingerprint density at radius 2 is 1.67 bits per heavy atom. The molecule has 0 radical (unpaired) electrons. The molecule has 2 N–H and O–H groups in total. The van der Waals surface area contributed by atoms with Crippen LogP contribution in [0.3, 0.4) is 0 Å². The smallest absolute Gasteiger partial charge is 0.281 e. The highest BCUT2D eigenvalue weighted by Crippen LogP contribution is 2.51. The molecule has 7 heterocycles. The lowest BCUT2D eigenvalue weighted by Crippen LogP contribution is -2.50. The van der Waals surface area contributed by atoms with E-state index in [0.29, 0.717) is 17.2 Å². The van der Waals surface area contributed by atoms with Gasteiger partial charge in [-0.3, -0.25) is 19.0 Å². The summed E-state index contributed by atoms with van der Waals surface area (Å²) >= 11 is 5.25. The highest BCUT2D eigenvalue weighted by Gasteiger charge is 2.48. The number of thiazole rings is 1. The Morgan fingerprint density at radius 3 is 2.38 bits per heavy atom. The average Bonchev–Trinajstić information content (AvgIpc) is 4.18. The van der Waals surface area contributed by atoms with Gasteiger partial charge in [-0.2, -0.15) is 4.98 Å². The topological polar surface area (TPSA) is 164 Å². The van der Waals surface area contributed by atoms with Crippen molar-refractivity contribution in [2.75, 3.05) is 26.2 Å². The first-order valence-electron chi connectivity index (χ1n) is 26.3. The molecule has 378 valence electrons. The monoisotopic (exact) mass is 1050 g/mol. The molecule has 72 heavy (non-hydrogen) atoms. The number of nitrogens with zero attached hydrogens (tertiary/aromatic N) is 9. The van der Waals surface area contributed by atoms with Crippen LogP contribution in [0.2, 0.25) is 0 Å². The third-order valence-electron chi connectivity index (χ3n) is 16.9. The van der Waals surface area contributed by atoms with Crippen molar-refractivity contribution in [2.24, 2.45) is 11.3 Å². The van der Waals surface area contributed by atoms with Crippen LogP contribution in [0.1, 0.15) is 163 Å². The van der Waals surface area contributed by atoms with Gasteiger partial charge in [-0.05, 0) is 135 Å². The maximum absolute atomic E-state index is 14.6. The summed E-state index contributed by atoms with van der Waals surface area (Å²) in [5, 5.41) is 23.9. The summed E-state index contributed by atoms with van der Waals surface area (Å²) in [5.41, 5.74) is 8.07. The summed E-state index contributed by atoms with van der Waals surface area (Å²) in [6.45, 7) is 13.3. The van der Waals surface area contributed by atoms with Crippen LogP contribution in [0.15, 0.2) is 75.6 Å². The molecule has 16 heteroatoms. The summed E-state index contributed by atoms with van der Waals surface area (Å²) in [7, 11) is 0. The zero-order chi connectivity index (χ0) is 50.1. The molecule has 4 aromatic heterocycles. The number of carbonyl (C=O) groups is 2. The molecule has 0 bridgehead atoms. The quantitative estimate of drug-likeness (QED) is 0.135.